The van der Waals surface area contributed by atoms with Crippen LogP contribution in [0.4, 0.5) is 0 Å². The van der Waals surface area contributed by atoms with E-state index in [-0.39, 0.29) is 0 Å². The third-order valence-electron chi connectivity index (χ3n) is 6.01. The van der Waals surface area contributed by atoms with E-state index in [1.54, 1.807) is 21.3 Å². The Bertz CT molecular complexity index is 585. The van der Waals surface area contributed by atoms with Gasteiger partial charge in [-0.25, -0.2) is 0 Å². The Morgan fingerprint density at radius 2 is 1.65 bits per heavy atom. The van der Waals surface area contributed by atoms with Crippen LogP contribution in [0, 0.1) is 5.92 Å². The van der Waals surface area contributed by atoms with E-state index in [1.165, 1.54) is 38.8 Å². The average molecular weight is 363 g/mol. The highest BCUT2D eigenvalue weighted by Gasteiger charge is 2.28. The third-order valence-corrected chi connectivity index (χ3v) is 6.01. The largest absolute Gasteiger partial charge is 0.493 e. The number of rotatable bonds is 6. The molecule has 0 unspecified atom stereocenters. The molecule has 146 valence electrons. The van der Waals surface area contributed by atoms with E-state index in [9.17, 15) is 0 Å². The van der Waals surface area contributed by atoms with E-state index >= 15 is 0 Å². The van der Waals surface area contributed by atoms with Gasteiger partial charge in [-0.1, -0.05) is 25.8 Å². The molecule has 1 aliphatic carbocycles. The Morgan fingerprint density at radius 1 is 0.923 bits per heavy atom. The normalized spacial score (nSPS) is 25.1. The molecule has 0 bridgehead atoms. The first-order valence-electron chi connectivity index (χ1n) is 9.90. The van der Waals surface area contributed by atoms with Crippen molar-refractivity contribution in [2.75, 3.05) is 47.5 Å². The van der Waals surface area contributed by atoms with E-state index in [0.717, 1.165) is 42.9 Å². The fourth-order valence-electron chi connectivity index (χ4n) is 4.55. The van der Waals surface area contributed by atoms with Crippen LogP contribution in [0.1, 0.15) is 38.2 Å². The predicted molar refractivity (Wildman–Crippen MR) is 104 cm³/mol. The third kappa shape index (κ3) is 4.26. The molecule has 0 amide bonds. The number of ether oxygens (including phenoxy) is 3. The minimum absolute atomic E-state index is 0.683. The minimum atomic E-state index is 0.683. The molecule has 2 atom stereocenters. The lowest BCUT2D eigenvalue weighted by Gasteiger charge is -2.42. The van der Waals surface area contributed by atoms with Crippen molar-refractivity contribution in [3.05, 3.63) is 17.7 Å². The molecule has 1 heterocycles. The van der Waals surface area contributed by atoms with E-state index < -0.39 is 0 Å². The summed E-state index contributed by atoms with van der Waals surface area (Å²) in [5.74, 6) is 3.07. The molecule has 2 fully saturated rings. The number of benzene rings is 1. The van der Waals surface area contributed by atoms with Gasteiger partial charge in [0, 0.05) is 44.3 Å². The van der Waals surface area contributed by atoms with Gasteiger partial charge in [-0.15, -0.1) is 0 Å². The lowest BCUT2D eigenvalue weighted by molar-refractivity contribution is 0.0655. The monoisotopic (exact) mass is 362 g/mol. The second-order valence-electron chi connectivity index (χ2n) is 7.73. The summed E-state index contributed by atoms with van der Waals surface area (Å²) in [6.07, 6.45) is 5.57. The van der Waals surface area contributed by atoms with Crippen molar-refractivity contribution in [3.63, 3.8) is 0 Å². The SMILES string of the molecule is COc1ccc(CN2CCN([C@H]3CCC[C@@H](C)C3)CC2)c(OC)c1OC. The van der Waals surface area contributed by atoms with Gasteiger partial charge >= 0.3 is 0 Å². The highest BCUT2D eigenvalue weighted by molar-refractivity contribution is 5.55. The predicted octanol–water partition coefficient (Wildman–Crippen LogP) is 3.41. The number of nitrogens with zero attached hydrogens (tertiary/aromatic N) is 2. The second-order valence-corrected chi connectivity index (χ2v) is 7.73. The number of hydrogen-bond donors (Lipinski definition) is 0. The zero-order valence-electron chi connectivity index (χ0n) is 16.8. The summed E-state index contributed by atoms with van der Waals surface area (Å²) < 4.78 is 16.5. The van der Waals surface area contributed by atoms with Crippen molar-refractivity contribution >= 4 is 0 Å². The van der Waals surface area contributed by atoms with Gasteiger partial charge in [0.05, 0.1) is 21.3 Å². The molecule has 3 rings (SSSR count). The van der Waals surface area contributed by atoms with Crippen LogP contribution in [0.25, 0.3) is 0 Å². The Hall–Kier alpha value is -1.46. The van der Waals surface area contributed by atoms with Gasteiger partial charge in [0.15, 0.2) is 11.5 Å². The van der Waals surface area contributed by atoms with Gasteiger partial charge in [-0.05, 0) is 24.8 Å². The Labute approximate surface area is 158 Å². The summed E-state index contributed by atoms with van der Waals surface area (Å²) in [4.78, 5) is 5.24. The van der Waals surface area contributed by atoms with Crippen molar-refractivity contribution in [2.45, 2.75) is 45.2 Å². The standard InChI is InChI=1S/C21H34N2O3/c1-16-6-5-7-18(14-16)23-12-10-22(11-13-23)15-17-8-9-19(24-2)21(26-4)20(17)25-3/h8-9,16,18H,5-7,10-15H2,1-4H3/t16-,18+/m1/s1. The topological polar surface area (TPSA) is 34.2 Å². The van der Waals surface area contributed by atoms with Crippen LogP contribution in [0.5, 0.6) is 17.2 Å². The Balaban J connectivity index is 1.61. The first-order chi connectivity index (χ1) is 12.7. The number of methoxy groups -OCH3 is 3. The van der Waals surface area contributed by atoms with Crippen molar-refractivity contribution < 1.29 is 14.2 Å². The summed E-state index contributed by atoms with van der Waals surface area (Å²) in [5, 5.41) is 0. The van der Waals surface area contributed by atoms with Crippen LogP contribution < -0.4 is 14.2 Å². The smallest absolute Gasteiger partial charge is 0.203 e. The van der Waals surface area contributed by atoms with Crippen LogP contribution in [0.15, 0.2) is 12.1 Å². The molecule has 5 heteroatoms. The fraction of sp³-hybridized carbons (Fsp3) is 0.714. The first-order valence-corrected chi connectivity index (χ1v) is 9.90. The zero-order chi connectivity index (χ0) is 18.5. The first kappa shape index (κ1) is 19.3. The van der Waals surface area contributed by atoms with E-state index in [4.69, 9.17) is 14.2 Å². The molecule has 0 spiro atoms. The van der Waals surface area contributed by atoms with Crippen molar-refractivity contribution in [2.24, 2.45) is 5.92 Å². The van der Waals surface area contributed by atoms with Crippen LogP contribution >= 0.6 is 0 Å². The van der Waals surface area contributed by atoms with E-state index in [2.05, 4.69) is 22.8 Å². The summed E-state index contributed by atoms with van der Waals surface area (Å²) in [6, 6.07) is 4.86. The van der Waals surface area contributed by atoms with Crippen LogP contribution in [-0.4, -0.2) is 63.4 Å². The van der Waals surface area contributed by atoms with Gasteiger partial charge in [-0.3, -0.25) is 9.80 Å². The summed E-state index contributed by atoms with van der Waals surface area (Å²) in [5.41, 5.74) is 1.16. The summed E-state index contributed by atoms with van der Waals surface area (Å²) in [7, 11) is 5.01. The quantitative estimate of drug-likeness (QED) is 0.775. The van der Waals surface area contributed by atoms with Crippen LogP contribution in [0.2, 0.25) is 0 Å². The molecule has 26 heavy (non-hydrogen) atoms. The van der Waals surface area contributed by atoms with Gasteiger partial charge < -0.3 is 14.2 Å². The zero-order valence-corrected chi connectivity index (χ0v) is 16.8. The fourth-order valence-corrected chi connectivity index (χ4v) is 4.55. The molecular weight excluding hydrogens is 328 g/mol. The highest BCUT2D eigenvalue weighted by Crippen LogP contribution is 2.40. The molecule has 5 nitrogen and oxygen atoms in total. The van der Waals surface area contributed by atoms with Crippen molar-refractivity contribution in [3.8, 4) is 17.2 Å². The van der Waals surface area contributed by atoms with Crippen molar-refractivity contribution in [1.29, 1.82) is 0 Å². The van der Waals surface area contributed by atoms with E-state index in [1.807, 2.05) is 6.07 Å². The van der Waals surface area contributed by atoms with Crippen LogP contribution in [-0.2, 0) is 6.54 Å². The average Bonchev–Trinajstić information content (AvgIpc) is 2.68. The molecule has 0 aromatic heterocycles. The minimum Gasteiger partial charge on any atom is -0.493 e. The molecular formula is C21H34N2O3. The maximum absolute atomic E-state index is 5.64. The van der Waals surface area contributed by atoms with Gasteiger partial charge in [0.2, 0.25) is 5.75 Å². The summed E-state index contributed by atoms with van der Waals surface area (Å²) >= 11 is 0. The Kier molecular flexibility index (Phi) is 6.65. The number of piperazine rings is 1. The molecule has 0 radical (unpaired) electrons. The maximum Gasteiger partial charge on any atom is 0.203 e. The molecule has 1 saturated carbocycles. The molecule has 1 aromatic rings. The van der Waals surface area contributed by atoms with E-state index in [0.29, 0.717) is 11.5 Å². The molecule has 1 saturated heterocycles. The summed E-state index contributed by atoms with van der Waals surface area (Å²) in [6.45, 7) is 7.87. The maximum atomic E-state index is 5.64. The molecule has 1 aromatic carbocycles. The molecule has 2 aliphatic rings. The second kappa shape index (κ2) is 8.96. The Morgan fingerprint density at radius 3 is 2.27 bits per heavy atom. The highest BCUT2D eigenvalue weighted by atomic mass is 16.5. The number of hydrogen-bond acceptors (Lipinski definition) is 5. The van der Waals surface area contributed by atoms with Gasteiger partial charge in [-0.2, -0.15) is 0 Å². The lowest BCUT2D eigenvalue weighted by atomic mass is 9.86. The molecule has 1 aliphatic heterocycles. The van der Waals surface area contributed by atoms with Crippen molar-refractivity contribution in [1.82, 2.24) is 9.80 Å². The van der Waals surface area contributed by atoms with Gasteiger partial charge in [0.1, 0.15) is 0 Å². The van der Waals surface area contributed by atoms with Gasteiger partial charge in [0.25, 0.3) is 0 Å². The molecule has 0 N–H and O–H groups in total. The lowest BCUT2D eigenvalue weighted by Crippen LogP contribution is -2.50. The van der Waals surface area contributed by atoms with Crippen LogP contribution in [0.3, 0.4) is 0 Å².